The van der Waals surface area contributed by atoms with Gasteiger partial charge in [-0.15, -0.1) is 0 Å². The van der Waals surface area contributed by atoms with Crippen LogP contribution >= 0.6 is 0 Å². The van der Waals surface area contributed by atoms with E-state index in [0.717, 1.165) is 29.7 Å². The maximum Gasteiger partial charge on any atom is 0.335 e. The summed E-state index contributed by atoms with van der Waals surface area (Å²) in [5.41, 5.74) is 2.06. The highest BCUT2D eigenvalue weighted by atomic mass is 16.5. The van der Waals surface area contributed by atoms with Gasteiger partial charge in [0.25, 0.3) is 0 Å². The summed E-state index contributed by atoms with van der Waals surface area (Å²) >= 11 is 0. The Bertz CT molecular complexity index is 673. The average molecular weight is 288 g/mol. The molecular formula is C16H20N2O3. The summed E-state index contributed by atoms with van der Waals surface area (Å²) in [6.45, 7) is 5.39. The summed E-state index contributed by atoms with van der Waals surface area (Å²) < 4.78 is 7.77. The van der Waals surface area contributed by atoms with Crippen LogP contribution in [0.4, 0.5) is 0 Å². The molecule has 5 heteroatoms. The van der Waals surface area contributed by atoms with Crippen LogP contribution in [0.15, 0.2) is 18.2 Å². The molecular weight excluding hydrogens is 268 g/mol. The Morgan fingerprint density at radius 3 is 2.90 bits per heavy atom. The Kier molecular flexibility index (Phi) is 3.68. The smallest absolute Gasteiger partial charge is 0.335 e. The van der Waals surface area contributed by atoms with E-state index in [4.69, 9.17) is 9.72 Å². The van der Waals surface area contributed by atoms with Crippen molar-refractivity contribution in [2.45, 2.75) is 45.3 Å². The van der Waals surface area contributed by atoms with Crippen molar-refractivity contribution in [2.24, 2.45) is 0 Å². The molecule has 112 valence electrons. The lowest BCUT2D eigenvalue weighted by Gasteiger charge is -2.15. The molecule has 21 heavy (non-hydrogen) atoms. The van der Waals surface area contributed by atoms with Gasteiger partial charge < -0.3 is 14.4 Å². The van der Waals surface area contributed by atoms with Crippen molar-refractivity contribution < 1.29 is 14.6 Å². The van der Waals surface area contributed by atoms with Crippen LogP contribution in [0.2, 0.25) is 0 Å². The van der Waals surface area contributed by atoms with Gasteiger partial charge >= 0.3 is 5.97 Å². The van der Waals surface area contributed by atoms with Crippen LogP contribution in [0.1, 0.15) is 48.8 Å². The molecule has 0 radical (unpaired) electrons. The van der Waals surface area contributed by atoms with E-state index in [1.54, 1.807) is 18.2 Å². The Morgan fingerprint density at radius 1 is 1.52 bits per heavy atom. The Labute approximate surface area is 123 Å². The molecule has 1 aromatic carbocycles. The quantitative estimate of drug-likeness (QED) is 0.887. The van der Waals surface area contributed by atoms with Gasteiger partial charge in [0.1, 0.15) is 5.82 Å². The predicted octanol–water partition coefficient (Wildman–Crippen LogP) is 3.04. The molecule has 0 amide bonds. The van der Waals surface area contributed by atoms with Crippen molar-refractivity contribution in [1.29, 1.82) is 0 Å². The molecule has 0 aliphatic heterocycles. The van der Waals surface area contributed by atoms with Crippen LogP contribution in [0.3, 0.4) is 0 Å². The van der Waals surface area contributed by atoms with Crippen LogP contribution in [0, 0.1) is 0 Å². The van der Waals surface area contributed by atoms with E-state index in [1.165, 1.54) is 0 Å². The molecule has 1 fully saturated rings. The van der Waals surface area contributed by atoms with E-state index in [2.05, 4.69) is 4.57 Å². The second-order valence-electron chi connectivity index (χ2n) is 5.63. The molecule has 0 saturated heterocycles. The Morgan fingerprint density at radius 2 is 2.29 bits per heavy atom. The number of carboxylic acid groups (broad SMARTS) is 1. The van der Waals surface area contributed by atoms with E-state index >= 15 is 0 Å². The van der Waals surface area contributed by atoms with E-state index in [-0.39, 0.29) is 6.10 Å². The highest BCUT2D eigenvalue weighted by Gasteiger charge is 2.30. The number of aromatic nitrogens is 2. The van der Waals surface area contributed by atoms with Gasteiger partial charge in [-0.05, 0) is 44.9 Å². The van der Waals surface area contributed by atoms with Gasteiger partial charge in [-0.1, -0.05) is 0 Å². The summed E-state index contributed by atoms with van der Waals surface area (Å²) in [7, 11) is 0. The molecule has 1 heterocycles. The lowest BCUT2D eigenvalue weighted by Crippen LogP contribution is -2.18. The van der Waals surface area contributed by atoms with E-state index in [0.29, 0.717) is 24.6 Å². The number of hydrogen-bond acceptors (Lipinski definition) is 3. The zero-order chi connectivity index (χ0) is 15.0. The minimum atomic E-state index is -0.907. The first kappa shape index (κ1) is 14.1. The van der Waals surface area contributed by atoms with Gasteiger partial charge in [-0.2, -0.15) is 0 Å². The van der Waals surface area contributed by atoms with E-state index in [1.807, 2.05) is 13.8 Å². The number of rotatable bonds is 6. The fraction of sp³-hybridized carbons (Fsp3) is 0.500. The van der Waals surface area contributed by atoms with Crippen molar-refractivity contribution in [3.63, 3.8) is 0 Å². The van der Waals surface area contributed by atoms with Crippen molar-refractivity contribution in [3.05, 3.63) is 29.6 Å². The molecule has 5 nitrogen and oxygen atoms in total. The number of fused-ring (bicyclic) bond motifs is 1. The highest BCUT2D eigenvalue weighted by molar-refractivity contribution is 5.92. The first-order valence-corrected chi connectivity index (χ1v) is 7.45. The number of carbonyl (C=O) groups is 1. The number of benzene rings is 1. The molecule has 1 atom stereocenters. The number of carboxylic acids is 1. The van der Waals surface area contributed by atoms with Gasteiger partial charge in [-0.25, -0.2) is 9.78 Å². The lowest BCUT2D eigenvalue weighted by molar-refractivity contribution is 0.0642. The summed E-state index contributed by atoms with van der Waals surface area (Å²) in [5, 5.41) is 9.18. The second kappa shape index (κ2) is 5.48. The average Bonchev–Trinajstić information content (AvgIpc) is 3.23. The largest absolute Gasteiger partial charge is 0.478 e. The van der Waals surface area contributed by atoms with Crippen molar-refractivity contribution in [3.8, 4) is 0 Å². The number of aromatic carboxylic acids is 1. The number of ether oxygens (including phenoxy) is 1. The summed E-state index contributed by atoms with van der Waals surface area (Å²) in [4.78, 5) is 15.9. The maximum absolute atomic E-state index is 11.2. The molecule has 1 aromatic heterocycles. The predicted molar refractivity (Wildman–Crippen MR) is 79.8 cm³/mol. The third-order valence-corrected chi connectivity index (χ3v) is 3.86. The second-order valence-corrected chi connectivity index (χ2v) is 5.63. The molecule has 1 N–H and O–H groups in total. The lowest BCUT2D eigenvalue weighted by atomic mass is 10.2. The number of nitrogens with zero attached hydrogens (tertiary/aromatic N) is 2. The third kappa shape index (κ3) is 2.78. The zero-order valence-electron chi connectivity index (χ0n) is 12.4. The summed E-state index contributed by atoms with van der Waals surface area (Å²) in [6, 6.07) is 5.13. The van der Waals surface area contributed by atoms with Gasteiger partial charge in [0, 0.05) is 12.5 Å². The normalized spacial score (nSPS) is 16.3. The summed E-state index contributed by atoms with van der Waals surface area (Å²) in [5.74, 6) is 0.675. The molecule has 3 rings (SSSR count). The molecule has 1 unspecified atom stereocenters. The van der Waals surface area contributed by atoms with Gasteiger partial charge in [0.15, 0.2) is 0 Å². The topological polar surface area (TPSA) is 64.4 Å². The Hall–Kier alpha value is -1.88. The van der Waals surface area contributed by atoms with E-state index < -0.39 is 5.97 Å². The number of hydrogen-bond donors (Lipinski definition) is 1. The first-order chi connectivity index (χ1) is 10.1. The fourth-order valence-electron chi connectivity index (χ4n) is 2.71. The minimum absolute atomic E-state index is 0.0818. The maximum atomic E-state index is 11.2. The minimum Gasteiger partial charge on any atom is -0.478 e. The van der Waals surface area contributed by atoms with Gasteiger partial charge in [0.05, 0.1) is 29.2 Å². The van der Waals surface area contributed by atoms with Crippen molar-refractivity contribution in [1.82, 2.24) is 9.55 Å². The van der Waals surface area contributed by atoms with Crippen molar-refractivity contribution >= 4 is 17.0 Å². The molecule has 1 aliphatic rings. The highest BCUT2D eigenvalue weighted by Crippen LogP contribution is 2.40. The van der Waals surface area contributed by atoms with Gasteiger partial charge in [0.2, 0.25) is 0 Å². The SMILES string of the molecule is CCOC(C)Cn1c(C2CC2)nc2ccc(C(=O)O)cc21. The molecule has 0 bridgehead atoms. The van der Waals surface area contributed by atoms with Crippen LogP contribution in [-0.4, -0.2) is 33.3 Å². The fourth-order valence-corrected chi connectivity index (χ4v) is 2.71. The van der Waals surface area contributed by atoms with E-state index in [9.17, 15) is 9.90 Å². The standard InChI is InChI=1S/C16H20N2O3/c1-3-21-10(2)9-18-14-8-12(16(19)20)6-7-13(14)17-15(18)11-4-5-11/h6-8,10-11H,3-5,9H2,1-2H3,(H,19,20). The molecule has 0 spiro atoms. The molecule has 2 aromatic rings. The van der Waals surface area contributed by atoms with Crippen LogP contribution in [0.5, 0.6) is 0 Å². The third-order valence-electron chi connectivity index (χ3n) is 3.86. The Balaban J connectivity index is 2.05. The van der Waals surface area contributed by atoms with Crippen molar-refractivity contribution in [2.75, 3.05) is 6.61 Å². The molecule has 1 aliphatic carbocycles. The number of imidazole rings is 1. The van der Waals surface area contributed by atoms with Crippen LogP contribution < -0.4 is 0 Å². The van der Waals surface area contributed by atoms with Crippen LogP contribution in [0.25, 0.3) is 11.0 Å². The molecule has 1 saturated carbocycles. The van der Waals surface area contributed by atoms with Gasteiger partial charge in [-0.3, -0.25) is 0 Å². The van der Waals surface area contributed by atoms with Crippen LogP contribution in [-0.2, 0) is 11.3 Å². The zero-order valence-corrected chi connectivity index (χ0v) is 12.4. The summed E-state index contributed by atoms with van der Waals surface area (Å²) in [6.07, 6.45) is 2.41. The monoisotopic (exact) mass is 288 g/mol. The first-order valence-electron chi connectivity index (χ1n) is 7.45.